The standard InChI is InChI=1S/C28H35N3O2/c1-18(2)16-29-25(33)17-31-23-9-7-6-8-21(23)30-22-14-28(4,5)15-24(32)26(22)27(31)20-12-10-19(3)11-13-20/h6-13,18,27,30H,14-17H2,1-5H3,(H,29,33)/t27-/m0/s1. The van der Waals surface area contributed by atoms with Crippen LogP contribution in [0.3, 0.4) is 0 Å². The number of hydrogen-bond donors (Lipinski definition) is 2. The third-order valence-electron chi connectivity index (χ3n) is 6.42. The third kappa shape index (κ3) is 4.97. The van der Waals surface area contributed by atoms with Crippen LogP contribution >= 0.6 is 0 Å². The Labute approximate surface area is 197 Å². The molecule has 2 aromatic carbocycles. The summed E-state index contributed by atoms with van der Waals surface area (Å²) in [5.41, 5.74) is 5.70. The number of anilines is 2. The van der Waals surface area contributed by atoms with Crippen molar-refractivity contribution in [1.82, 2.24) is 5.32 Å². The van der Waals surface area contributed by atoms with Gasteiger partial charge in [0.05, 0.1) is 24.0 Å². The molecule has 0 bridgehead atoms. The molecular weight excluding hydrogens is 410 g/mol. The molecule has 0 saturated carbocycles. The second kappa shape index (κ2) is 9.05. The van der Waals surface area contributed by atoms with E-state index in [9.17, 15) is 9.59 Å². The predicted octanol–water partition coefficient (Wildman–Crippen LogP) is 5.38. The summed E-state index contributed by atoms with van der Waals surface area (Å²) in [5, 5.41) is 6.65. The maximum atomic E-state index is 13.6. The van der Waals surface area contributed by atoms with Crippen molar-refractivity contribution in [3.8, 4) is 0 Å². The molecule has 0 spiro atoms. The number of rotatable bonds is 5. The van der Waals surface area contributed by atoms with Crippen molar-refractivity contribution in [2.24, 2.45) is 11.3 Å². The molecule has 0 aromatic heterocycles. The third-order valence-corrected chi connectivity index (χ3v) is 6.42. The van der Waals surface area contributed by atoms with Gasteiger partial charge >= 0.3 is 0 Å². The Balaban J connectivity index is 1.87. The Bertz CT molecular complexity index is 1080. The van der Waals surface area contributed by atoms with Gasteiger partial charge in [0.1, 0.15) is 0 Å². The summed E-state index contributed by atoms with van der Waals surface area (Å²) in [7, 11) is 0. The monoisotopic (exact) mass is 445 g/mol. The van der Waals surface area contributed by atoms with E-state index in [1.807, 2.05) is 24.3 Å². The Morgan fingerprint density at radius 3 is 2.52 bits per heavy atom. The van der Waals surface area contributed by atoms with Crippen LogP contribution in [0.1, 0.15) is 57.7 Å². The van der Waals surface area contributed by atoms with Crippen LogP contribution < -0.4 is 15.5 Å². The van der Waals surface area contributed by atoms with Gasteiger partial charge in [0.15, 0.2) is 5.78 Å². The van der Waals surface area contributed by atoms with Gasteiger partial charge in [0.2, 0.25) is 5.91 Å². The number of nitrogens with zero attached hydrogens (tertiary/aromatic N) is 1. The Morgan fingerprint density at radius 2 is 1.82 bits per heavy atom. The molecule has 4 rings (SSSR count). The molecule has 1 heterocycles. The normalized spacial score (nSPS) is 19.5. The predicted molar refractivity (Wildman–Crippen MR) is 134 cm³/mol. The van der Waals surface area contributed by atoms with Gasteiger partial charge in [-0.3, -0.25) is 9.59 Å². The first-order chi connectivity index (χ1) is 15.6. The van der Waals surface area contributed by atoms with Crippen LogP contribution in [0.25, 0.3) is 0 Å². The van der Waals surface area contributed by atoms with E-state index in [1.54, 1.807) is 0 Å². The number of benzene rings is 2. The van der Waals surface area contributed by atoms with Crippen LogP contribution in [-0.2, 0) is 9.59 Å². The highest BCUT2D eigenvalue weighted by atomic mass is 16.2. The van der Waals surface area contributed by atoms with Crippen molar-refractivity contribution in [1.29, 1.82) is 0 Å². The number of nitrogens with one attached hydrogen (secondary N) is 2. The summed E-state index contributed by atoms with van der Waals surface area (Å²) in [4.78, 5) is 28.8. The average molecular weight is 446 g/mol. The molecule has 0 unspecified atom stereocenters. The number of fused-ring (bicyclic) bond motifs is 1. The number of amides is 1. The van der Waals surface area contributed by atoms with Crippen LogP contribution in [0, 0.1) is 18.3 Å². The number of carbonyl (C=O) groups is 2. The molecule has 0 radical (unpaired) electrons. The molecule has 174 valence electrons. The number of Topliss-reactive ketones (excluding diaryl/α,β-unsaturated/α-hetero) is 1. The van der Waals surface area contributed by atoms with Gasteiger partial charge in [-0.25, -0.2) is 0 Å². The van der Waals surface area contributed by atoms with Crippen LogP contribution in [0.2, 0.25) is 0 Å². The second-order valence-electron chi connectivity index (χ2n) is 10.6. The van der Waals surface area contributed by atoms with Gasteiger partial charge in [0.25, 0.3) is 0 Å². The van der Waals surface area contributed by atoms with Crippen molar-refractivity contribution in [3.05, 3.63) is 70.9 Å². The van der Waals surface area contributed by atoms with E-state index in [4.69, 9.17) is 0 Å². The molecule has 2 aromatic rings. The lowest BCUT2D eigenvalue weighted by Gasteiger charge is -2.38. The van der Waals surface area contributed by atoms with Crippen LogP contribution in [0.15, 0.2) is 59.8 Å². The van der Waals surface area contributed by atoms with E-state index in [0.717, 1.165) is 40.2 Å². The van der Waals surface area contributed by atoms with Crippen molar-refractivity contribution in [2.45, 2.75) is 53.5 Å². The lowest BCUT2D eigenvalue weighted by atomic mass is 9.73. The Kier molecular flexibility index (Phi) is 6.33. The zero-order valence-electron chi connectivity index (χ0n) is 20.4. The maximum absolute atomic E-state index is 13.6. The molecule has 1 amide bonds. The first-order valence-electron chi connectivity index (χ1n) is 11.9. The molecule has 0 saturated heterocycles. The molecule has 33 heavy (non-hydrogen) atoms. The zero-order valence-corrected chi connectivity index (χ0v) is 20.4. The van der Waals surface area contributed by atoms with Crippen molar-refractivity contribution in [3.63, 3.8) is 0 Å². The highest BCUT2D eigenvalue weighted by Gasteiger charge is 2.41. The Hall–Kier alpha value is -3.08. The lowest BCUT2D eigenvalue weighted by molar-refractivity contribution is -0.120. The number of hydrogen-bond acceptors (Lipinski definition) is 4. The highest BCUT2D eigenvalue weighted by molar-refractivity contribution is 6.01. The van der Waals surface area contributed by atoms with Gasteiger partial charge < -0.3 is 15.5 Å². The minimum absolute atomic E-state index is 0.0387. The number of aryl methyl sites for hydroxylation is 1. The summed E-state index contributed by atoms with van der Waals surface area (Å²) < 4.78 is 0. The van der Waals surface area contributed by atoms with E-state index >= 15 is 0 Å². The molecule has 5 heteroatoms. The minimum Gasteiger partial charge on any atom is -0.357 e. The number of allylic oxidation sites excluding steroid dienone is 1. The van der Waals surface area contributed by atoms with Crippen molar-refractivity contribution < 1.29 is 9.59 Å². The summed E-state index contributed by atoms with van der Waals surface area (Å²) in [5.74, 6) is 0.486. The SMILES string of the molecule is Cc1ccc([C@H]2C3=C(CC(C)(C)CC3=O)Nc3ccccc3N2CC(=O)NCC(C)C)cc1. The van der Waals surface area contributed by atoms with Gasteiger partial charge in [-0.05, 0) is 42.4 Å². The van der Waals surface area contributed by atoms with E-state index in [0.29, 0.717) is 18.9 Å². The van der Waals surface area contributed by atoms with Crippen molar-refractivity contribution >= 4 is 23.1 Å². The fraction of sp³-hybridized carbons (Fsp3) is 0.429. The van der Waals surface area contributed by atoms with E-state index in [1.165, 1.54) is 0 Å². The summed E-state index contributed by atoms with van der Waals surface area (Å²) in [6.45, 7) is 11.3. The summed E-state index contributed by atoms with van der Waals surface area (Å²) in [6.07, 6.45) is 1.29. The lowest BCUT2D eigenvalue weighted by Crippen LogP contribution is -2.42. The van der Waals surface area contributed by atoms with Crippen LogP contribution in [-0.4, -0.2) is 24.8 Å². The second-order valence-corrected chi connectivity index (χ2v) is 10.6. The Morgan fingerprint density at radius 1 is 1.12 bits per heavy atom. The smallest absolute Gasteiger partial charge is 0.239 e. The molecule has 0 fully saturated rings. The van der Waals surface area contributed by atoms with Gasteiger partial charge in [0, 0.05) is 24.2 Å². The topological polar surface area (TPSA) is 61.4 Å². The van der Waals surface area contributed by atoms with Gasteiger partial charge in [-0.2, -0.15) is 0 Å². The quantitative estimate of drug-likeness (QED) is 0.648. The molecule has 1 atom stereocenters. The van der Waals surface area contributed by atoms with Gasteiger partial charge in [-0.15, -0.1) is 0 Å². The van der Waals surface area contributed by atoms with Crippen LogP contribution in [0.4, 0.5) is 11.4 Å². The fourth-order valence-electron chi connectivity index (χ4n) is 4.85. The molecule has 5 nitrogen and oxygen atoms in total. The molecule has 2 N–H and O–H groups in total. The molecular formula is C28H35N3O2. The molecule has 2 aliphatic rings. The number of para-hydroxylation sites is 2. The summed E-state index contributed by atoms with van der Waals surface area (Å²) >= 11 is 0. The van der Waals surface area contributed by atoms with E-state index in [2.05, 4.69) is 74.4 Å². The first kappa shape index (κ1) is 23.1. The zero-order chi connectivity index (χ0) is 23.8. The van der Waals surface area contributed by atoms with E-state index < -0.39 is 0 Å². The fourth-order valence-corrected chi connectivity index (χ4v) is 4.85. The number of carbonyl (C=O) groups excluding carboxylic acids is 2. The maximum Gasteiger partial charge on any atom is 0.239 e. The minimum atomic E-state index is -0.329. The van der Waals surface area contributed by atoms with E-state index in [-0.39, 0.29) is 29.7 Å². The summed E-state index contributed by atoms with van der Waals surface area (Å²) in [6, 6.07) is 16.0. The van der Waals surface area contributed by atoms with Crippen molar-refractivity contribution in [2.75, 3.05) is 23.3 Å². The first-order valence-corrected chi connectivity index (χ1v) is 11.9. The average Bonchev–Trinajstić information content (AvgIpc) is 2.87. The largest absolute Gasteiger partial charge is 0.357 e. The highest BCUT2D eigenvalue weighted by Crippen LogP contribution is 2.48. The van der Waals surface area contributed by atoms with Crippen LogP contribution in [0.5, 0.6) is 0 Å². The molecule has 1 aliphatic heterocycles. The molecule has 1 aliphatic carbocycles. The number of ketones is 1. The van der Waals surface area contributed by atoms with Gasteiger partial charge in [-0.1, -0.05) is 69.7 Å².